The molecule has 1 aliphatic heterocycles. The second kappa shape index (κ2) is 8.02. The van der Waals surface area contributed by atoms with Gasteiger partial charge in [-0.2, -0.15) is 0 Å². The number of benzene rings is 1. The number of carbonyl (C=O) groups is 1. The van der Waals surface area contributed by atoms with Crippen LogP contribution >= 0.6 is 0 Å². The predicted molar refractivity (Wildman–Crippen MR) is 92.3 cm³/mol. The molecule has 0 bridgehead atoms. The van der Waals surface area contributed by atoms with Crippen LogP contribution in [-0.4, -0.2) is 32.9 Å². The minimum absolute atomic E-state index is 0.165. The van der Waals surface area contributed by atoms with Gasteiger partial charge in [0.1, 0.15) is 5.75 Å². The minimum atomic E-state index is -0.575. The summed E-state index contributed by atoms with van der Waals surface area (Å²) >= 11 is 0. The van der Waals surface area contributed by atoms with Gasteiger partial charge in [0.25, 0.3) is 0 Å². The Hall–Kier alpha value is -1.55. The highest BCUT2D eigenvalue weighted by atomic mass is 16.5. The summed E-state index contributed by atoms with van der Waals surface area (Å²) in [6, 6.07) is 7.99. The molecule has 1 heterocycles. The van der Waals surface area contributed by atoms with Gasteiger partial charge in [-0.3, -0.25) is 4.79 Å². The van der Waals surface area contributed by atoms with Gasteiger partial charge in [0.2, 0.25) is 0 Å². The lowest BCUT2D eigenvalue weighted by molar-refractivity contribution is -0.151. The zero-order valence-corrected chi connectivity index (χ0v) is 14.6. The van der Waals surface area contributed by atoms with Crippen molar-refractivity contribution in [2.45, 2.75) is 50.4 Å². The topological polar surface area (TPSA) is 44.8 Å². The number of esters is 1. The van der Waals surface area contributed by atoms with Crippen LogP contribution < -0.4 is 4.74 Å². The summed E-state index contributed by atoms with van der Waals surface area (Å²) in [4.78, 5) is 12.4. The summed E-state index contributed by atoms with van der Waals surface area (Å²) in [6.07, 6.45) is 7.93. The fourth-order valence-electron chi connectivity index (χ4n) is 3.96. The second-order valence-electron chi connectivity index (χ2n) is 7.03. The molecule has 3 rings (SSSR count). The molecule has 1 aromatic rings. The molecule has 0 spiro atoms. The molecule has 4 heteroatoms. The van der Waals surface area contributed by atoms with E-state index in [1.807, 2.05) is 24.3 Å². The molecule has 4 nitrogen and oxygen atoms in total. The molecule has 0 radical (unpaired) electrons. The number of hydrogen-bond donors (Lipinski definition) is 0. The molecule has 132 valence electrons. The van der Waals surface area contributed by atoms with Crippen LogP contribution in [0.15, 0.2) is 24.3 Å². The molecular formula is C20H28O4. The van der Waals surface area contributed by atoms with Crippen LogP contribution in [-0.2, 0) is 19.7 Å². The highest BCUT2D eigenvalue weighted by molar-refractivity contribution is 5.83. The minimum Gasteiger partial charge on any atom is -0.493 e. The fourth-order valence-corrected chi connectivity index (χ4v) is 3.96. The van der Waals surface area contributed by atoms with Crippen LogP contribution in [0.4, 0.5) is 0 Å². The quantitative estimate of drug-likeness (QED) is 0.768. The second-order valence-corrected chi connectivity index (χ2v) is 7.03. The van der Waals surface area contributed by atoms with Crippen LogP contribution in [0.5, 0.6) is 5.75 Å². The highest BCUT2D eigenvalue weighted by Gasteiger charge is 2.42. The van der Waals surface area contributed by atoms with Gasteiger partial charge in [0.05, 0.1) is 19.1 Å². The van der Waals surface area contributed by atoms with Crippen LogP contribution in [0.1, 0.15) is 50.5 Å². The zero-order chi connectivity index (χ0) is 16.8. The number of ether oxygens (including phenoxy) is 3. The van der Waals surface area contributed by atoms with Crippen LogP contribution in [0.2, 0.25) is 0 Å². The normalized spacial score (nSPS) is 21.2. The molecule has 0 amide bonds. The van der Waals surface area contributed by atoms with Crippen molar-refractivity contribution in [1.29, 1.82) is 0 Å². The Bertz CT molecular complexity index is 525. The van der Waals surface area contributed by atoms with E-state index in [1.54, 1.807) is 0 Å². The lowest BCUT2D eigenvalue weighted by atomic mass is 9.74. The van der Waals surface area contributed by atoms with Gasteiger partial charge >= 0.3 is 5.97 Å². The van der Waals surface area contributed by atoms with Crippen molar-refractivity contribution in [2.75, 3.05) is 26.9 Å². The van der Waals surface area contributed by atoms with Crippen molar-refractivity contribution in [1.82, 2.24) is 0 Å². The number of methoxy groups -OCH3 is 1. The van der Waals surface area contributed by atoms with Gasteiger partial charge in [-0.05, 0) is 49.3 Å². The van der Waals surface area contributed by atoms with Gasteiger partial charge < -0.3 is 14.2 Å². The summed E-state index contributed by atoms with van der Waals surface area (Å²) in [5.74, 6) is 1.41. The Morgan fingerprint density at radius 3 is 2.42 bits per heavy atom. The van der Waals surface area contributed by atoms with E-state index < -0.39 is 5.41 Å². The van der Waals surface area contributed by atoms with Gasteiger partial charge in [0.15, 0.2) is 0 Å². The molecule has 1 saturated carbocycles. The van der Waals surface area contributed by atoms with Crippen LogP contribution in [0.25, 0.3) is 0 Å². The van der Waals surface area contributed by atoms with E-state index in [-0.39, 0.29) is 5.97 Å². The molecule has 0 atom stereocenters. The largest absolute Gasteiger partial charge is 0.493 e. The molecule has 1 aromatic carbocycles. The lowest BCUT2D eigenvalue weighted by Crippen LogP contribution is -2.42. The summed E-state index contributed by atoms with van der Waals surface area (Å²) in [7, 11) is 1.46. The van der Waals surface area contributed by atoms with E-state index in [0.29, 0.717) is 32.0 Å². The molecule has 0 unspecified atom stereocenters. The summed E-state index contributed by atoms with van der Waals surface area (Å²) in [5.41, 5.74) is 0.428. The van der Waals surface area contributed by atoms with Crippen molar-refractivity contribution < 1.29 is 19.0 Å². The van der Waals surface area contributed by atoms with E-state index in [4.69, 9.17) is 14.2 Å². The smallest absolute Gasteiger partial charge is 0.316 e. The van der Waals surface area contributed by atoms with Gasteiger partial charge in [0, 0.05) is 13.2 Å². The molecular weight excluding hydrogens is 304 g/mol. The summed E-state index contributed by atoms with van der Waals surface area (Å²) in [5, 5.41) is 0. The van der Waals surface area contributed by atoms with Gasteiger partial charge in [-0.15, -0.1) is 0 Å². The number of rotatable bonds is 5. The van der Waals surface area contributed by atoms with Crippen molar-refractivity contribution >= 4 is 5.97 Å². The third-order valence-corrected chi connectivity index (χ3v) is 5.54. The number of hydrogen-bond acceptors (Lipinski definition) is 4. The van der Waals surface area contributed by atoms with Gasteiger partial charge in [-0.1, -0.05) is 31.4 Å². The molecule has 2 aliphatic rings. The Kier molecular flexibility index (Phi) is 5.77. The van der Waals surface area contributed by atoms with Crippen LogP contribution in [0, 0.1) is 5.92 Å². The SMILES string of the molecule is COC(=O)C1(c2ccc(OCC3CCCCC3)cc2)CCOCC1. The first-order valence-electron chi connectivity index (χ1n) is 9.14. The summed E-state index contributed by atoms with van der Waals surface area (Å²) in [6.45, 7) is 1.99. The molecule has 2 fully saturated rings. The predicted octanol–water partition coefficient (Wildman–Crippen LogP) is 3.87. The maximum Gasteiger partial charge on any atom is 0.316 e. The third-order valence-electron chi connectivity index (χ3n) is 5.54. The van der Waals surface area contributed by atoms with Crippen molar-refractivity contribution in [3.8, 4) is 5.75 Å². The standard InChI is InChI=1S/C20H28O4/c1-22-19(21)20(11-13-23-14-12-20)17-7-9-18(10-8-17)24-15-16-5-3-2-4-6-16/h7-10,16H,2-6,11-15H2,1H3. The first kappa shape index (κ1) is 17.3. The molecule has 0 aromatic heterocycles. The molecule has 1 saturated heterocycles. The fraction of sp³-hybridized carbons (Fsp3) is 0.650. The average Bonchev–Trinajstić information content (AvgIpc) is 2.67. The van der Waals surface area contributed by atoms with Crippen molar-refractivity contribution in [2.24, 2.45) is 5.92 Å². The van der Waals surface area contributed by atoms with Crippen LogP contribution in [0.3, 0.4) is 0 Å². The number of carbonyl (C=O) groups excluding carboxylic acids is 1. The molecule has 0 N–H and O–H groups in total. The Balaban J connectivity index is 1.66. The Morgan fingerprint density at radius 2 is 1.79 bits per heavy atom. The lowest BCUT2D eigenvalue weighted by Gasteiger charge is -2.34. The van der Waals surface area contributed by atoms with Crippen molar-refractivity contribution in [3.05, 3.63) is 29.8 Å². The van der Waals surface area contributed by atoms with E-state index in [0.717, 1.165) is 17.9 Å². The van der Waals surface area contributed by atoms with E-state index >= 15 is 0 Å². The molecule has 1 aliphatic carbocycles. The first-order chi connectivity index (χ1) is 11.7. The van der Waals surface area contributed by atoms with E-state index in [9.17, 15) is 4.79 Å². The summed E-state index contributed by atoms with van der Waals surface area (Å²) < 4.78 is 16.5. The Labute approximate surface area is 144 Å². The van der Waals surface area contributed by atoms with Crippen molar-refractivity contribution in [3.63, 3.8) is 0 Å². The average molecular weight is 332 g/mol. The Morgan fingerprint density at radius 1 is 1.12 bits per heavy atom. The van der Waals surface area contributed by atoms with Gasteiger partial charge in [-0.25, -0.2) is 0 Å². The maximum atomic E-state index is 12.4. The zero-order valence-electron chi connectivity index (χ0n) is 14.6. The maximum absolute atomic E-state index is 12.4. The van der Waals surface area contributed by atoms with E-state index in [2.05, 4.69) is 0 Å². The third kappa shape index (κ3) is 3.75. The first-order valence-corrected chi connectivity index (χ1v) is 9.14. The monoisotopic (exact) mass is 332 g/mol. The van der Waals surface area contributed by atoms with E-state index in [1.165, 1.54) is 39.2 Å². The highest BCUT2D eigenvalue weighted by Crippen LogP contribution is 2.37. The molecule has 24 heavy (non-hydrogen) atoms.